The highest BCUT2D eigenvalue weighted by Gasteiger charge is 2.19. The summed E-state index contributed by atoms with van der Waals surface area (Å²) in [5.74, 6) is -0.209. The fraction of sp³-hybridized carbons (Fsp3) is 0.0500. The lowest BCUT2D eigenvalue weighted by molar-refractivity contribution is -0.306. The average Bonchev–Trinajstić information content (AvgIpc) is 3.29. The van der Waals surface area contributed by atoms with Crippen molar-refractivity contribution >= 4 is 42.9 Å². The second-order valence-electron chi connectivity index (χ2n) is 6.85. The number of aryl methyl sites for hydroxylation is 1. The summed E-state index contributed by atoms with van der Waals surface area (Å²) in [5, 5.41) is 0.911. The first kappa shape index (κ1) is 14.3. The smallest absolute Gasteiger partial charge is 0.353 e. The van der Waals surface area contributed by atoms with Crippen molar-refractivity contribution in [3.63, 3.8) is 0 Å². The Morgan fingerprint density at radius 3 is 3.08 bits per heavy atom. The maximum Gasteiger partial charge on any atom is 0.353 e. The zero-order valence-electron chi connectivity index (χ0n) is 14.1. The third-order valence-corrected chi connectivity index (χ3v) is 5.31. The molecule has 0 unspecified atom stereocenters. The van der Waals surface area contributed by atoms with Gasteiger partial charge in [0, 0.05) is 46.7 Å². The van der Waals surface area contributed by atoms with Crippen molar-refractivity contribution in [3.05, 3.63) is 76.6 Å². The van der Waals surface area contributed by atoms with Gasteiger partial charge in [0.05, 0.1) is 0 Å². The van der Waals surface area contributed by atoms with Gasteiger partial charge in [-0.25, -0.2) is 4.39 Å². The molecule has 0 aliphatic carbocycles. The van der Waals surface area contributed by atoms with Crippen LogP contribution in [-0.4, -0.2) is 27.7 Å². The molecule has 122 valence electrons. The molecule has 0 fully saturated rings. The number of allylic oxidation sites excluding steroid dienone is 2. The van der Waals surface area contributed by atoms with Crippen LogP contribution in [0.5, 0.6) is 0 Å². The molecule has 4 heterocycles. The van der Waals surface area contributed by atoms with Crippen LogP contribution in [0, 0.1) is 12.7 Å². The Labute approximate surface area is 145 Å². The van der Waals surface area contributed by atoms with E-state index >= 15 is 0 Å². The molecule has 3 aromatic rings. The lowest BCUT2D eigenvalue weighted by Crippen LogP contribution is -2.27. The Balaban J connectivity index is 1.56. The van der Waals surface area contributed by atoms with Crippen molar-refractivity contribution in [2.45, 2.75) is 6.92 Å². The van der Waals surface area contributed by atoms with E-state index < -0.39 is 7.55 Å². The molecule has 2 aliphatic rings. The van der Waals surface area contributed by atoms with Crippen LogP contribution in [0.15, 0.2) is 48.3 Å². The van der Waals surface area contributed by atoms with Crippen LogP contribution in [-0.2, 0) is 0 Å². The predicted molar refractivity (Wildman–Crippen MR) is 104 cm³/mol. The first-order valence-electron chi connectivity index (χ1n) is 8.60. The normalized spacial score (nSPS) is 15.6. The molecule has 0 saturated carbocycles. The number of nitrogens with zero attached hydrogens (tertiary/aromatic N) is 2. The Bertz CT molecular complexity index is 1140. The average molecular weight is 329 g/mol. The SMILES string of the molecule is Cc1cc(C=Cc2c[nH]c3ccc(F)cc23)n2c1C=C1C=CC=[N+]1[BH2-]2. The lowest BCUT2D eigenvalue weighted by atomic mass is 10.0. The van der Waals surface area contributed by atoms with Gasteiger partial charge in [-0.2, -0.15) is 0 Å². The Morgan fingerprint density at radius 2 is 2.16 bits per heavy atom. The van der Waals surface area contributed by atoms with Crippen molar-refractivity contribution < 1.29 is 8.88 Å². The lowest BCUT2D eigenvalue weighted by Gasteiger charge is -2.21. The van der Waals surface area contributed by atoms with Crippen molar-refractivity contribution in [3.8, 4) is 0 Å². The number of H-pyrrole nitrogens is 1. The number of hydrogen-bond acceptors (Lipinski definition) is 0. The molecule has 25 heavy (non-hydrogen) atoms. The van der Waals surface area contributed by atoms with Gasteiger partial charge in [0.2, 0.25) is 0 Å². The largest absolute Gasteiger partial charge is 0.460 e. The quantitative estimate of drug-likeness (QED) is 0.697. The number of halogens is 1. The molecule has 0 amide bonds. The number of aromatic nitrogens is 2. The summed E-state index contributed by atoms with van der Waals surface area (Å²) in [6, 6.07) is 7.07. The fourth-order valence-electron chi connectivity index (χ4n) is 3.98. The van der Waals surface area contributed by atoms with E-state index in [9.17, 15) is 4.39 Å². The molecule has 2 aliphatic heterocycles. The summed E-state index contributed by atoms with van der Waals surface area (Å²) in [7, 11) is -0.470. The summed E-state index contributed by atoms with van der Waals surface area (Å²) in [6.45, 7) is 2.16. The highest BCUT2D eigenvalue weighted by molar-refractivity contribution is 6.27. The van der Waals surface area contributed by atoms with E-state index in [1.165, 1.54) is 28.7 Å². The minimum absolute atomic E-state index is 0.209. The van der Waals surface area contributed by atoms with Crippen LogP contribution in [0.1, 0.15) is 22.5 Å². The molecule has 3 nitrogen and oxygen atoms in total. The second-order valence-corrected chi connectivity index (χ2v) is 6.85. The first-order chi connectivity index (χ1) is 12.2. The number of rotatable bonds is 2. The number of fused-ring (bicyclic) bond motifs is 3. The molecule has 0 radical (unpaired) electrons. The molecule has 0 bridgehead atoms. The first-order valence-corrected chi connectivity index (χ1v) is 8.60. The standard InChI is InChI=1S/C20H17BFN3/c1-13-9-17(25-20(13)11-16-3-2-8-24(16)21-25)6-4-14-12-23-19-7-5-15(22)10-18(14)19/h2-12,23H,21H2,1H3. The van der Waals surface area contributed by atoms with Crippen molar-refractivity contribution in [1.29, 1.82) is 0 Å². The molecule has 0 saturated heterocycles. The predicted octanol–water partition coefficient (Wildman–Crippen LogP) is 3.44. The molecular weight excluding hydrogens is 312 g/mol. The van der Waals surface area contributed by atoms with Gasteiger partial charge in [-0.3, -0.25) is 0 Å². The van der Waals surface area contributed by atoms with E-state index in [2.05, 4.69) is 63.5 Å². The van der Waals surface area contributed by atoms with Crippen molar-refractivity contribution in [2.24, 2.45) is 0 Å². The summed E-state index contributed by atoms with van der Waals surface area (Å²) < 4.78 is 18.3. The highest BCUT2D eigenvalue weighted by atomic mass is 19.1. The second kappa shape index (κ2) is 5.21. The summed E-state index contributed by atoms with van der Waals surface area (Å²) in [5.41, 5.74) is 7.04. The zero-order valence-corrected chi connectivity index (χ0v) is 14.1. The molecule has 5 rings (SSSR count). The Morgan fingerprint density at radius 1 is 1.24 bits per heavy atom. The molecule has 1 N–H and O–H groups in total. The summed E-state index contributed by atoms with van der Waals surface area (Å²) >= 11 is 0. The molecule has 5 heteroatoms. The fourth-order valence-corrected chi connectivity index (χ4v) is 3.98. The summed E-state index contributed by atoms with van der Waals surface area (Å²) in [6.07, 6.45) is 14.8. The van der Waals surface area contributed by atoms with Gasteiger partial charge in [0.25, 0.3) is 0 Å². The van der Waals surface area contributed by atoms with Crippen molar-refractivity contribution in [2.75, 3.05) is 0 Å². The van der Waals surface area contributed by atoms with Crippen LogP contribution in [0.4, 0.5) is 4.39 Å². The van der Waals surface area contributed by atoms with E-state index in [1.54, 1.807) is 12.1 Å². The van der Waals surface area contributed by atoms with E-state index in [4.69, 9.17) is 0 Å². The van der Waals surface area contributed by atoms with E-state index in [-0.39, 0.29) is 5.82 Å². The van der Waals surface area contributed by atoms with E-state index in [1.807, 2.05) is 6.20 Å². The third-order valence-electron chi connectivity index (χ3n) is 5.31. The van der Waals surface area contributed by atoms with Gasteiger partial charge in [-0.05, 0) is 48.4 Å². The zero-order chi connectivity index (χ0) is 17.0. The molecule has 2 aromatic heterocycles. The van der Waals surface area contributed by atoms with Gasteiger partial charge in [-0.15, -0.1) is 0 Å². The van der Waals surface area contributed by atoms with Crippen LogP contribution in [0.25, 0.3) is 29.1 Å². The minimum Gasteiger partial charge on any atom is -0.460 e. The molecular formula is C20H17BFN3. The number of nitrogens with one attached hydrogen (secondary N) is 1. The minimum atomic E-state index is -0.470. The highest BCUT2D eigenvalue weighted by Crippen LogP contribution is 2.26. The van der Waals surface area contributed by atoms with Crippen LogP contribution in [0.3, 0.4) is 0 Å². The van der Waals surface area contributed by atoms with Crippen LogP contribution < -0.4 is 0 Å². The Kier molecular flexibility index (Phi) is 2.98. The monoisotopic (exact) mass is 329 g/mol. The van der Waals surface area contributed by atoms with Gasteiger partial charge >= 0.3 is 7.55 Å². The Hall–Kier alpha value is -3.08. The van der Waals surface area contributed by atoms with E-state index in [0.29, 0.717) is 0 Å². The van der Waals surface area contributed by atoms with E-state index in [0.717, 1.165) is 16.5 Å². The number of benzene rings is 1. The molecule has 0 atom stereocenters. The van der Waals surface area contributed by atoms with Crippen LogP contribution in [0.2, 0.25) is 0 Å². The van der Waals surface area contributed by atoms with Gasteiger partial charge < -0.3 is 13.9 Å². The maximum atomic E-state index is 13.6. The topological polar surface area (TPSA) is 23.7 Å². The van der Waals surface area contributed by atoms with Crippen molar-refractivity contribution in [1.82, 2.24) is 9.46 Å². The van der Waals surface area contributed by atoms with Gasteiger partial charge in [0.15, 0.2) is 5.70 Å². The number of aromatic amines is 1. The van der Waals surface area contributed by atoms with Gasteiger partial charge in [0.1, 0.15) is 12.0 Å². The van der Waals surface area contributed by atoms with Crippen LogP contribution >= 0.6 is 0 Å². The number of hydrogen-bond donors (Lipinski definition) is 1. The molecule has 0 spiro atoms. The molecule has 1 aromatic carbocycles. The maximum absolute atomic E-state index is 13.6. The summed E-state index contributed by atoms with van der Waals surface area (Å²) in [4.78, 5) is 3.20. The van der Waals surface area contributed by atoms with Gasteiger partial charge in [-0.1, -0.05) is 6.08 Å². The third kappa shape index (κ3) is 2.23.